The lowest BCUT2D eigenvalue weighted by atomic mass is 10.3. The van der Waals surface area contributed by atoms with Gasteiger partial charge in [0.1, 0.15) is 5.82 Å². The Morgan fingerprint density at radius 3 is 2.82 bits per heavy atom. The maximum absolute atomic E-state index is 4.92. The molecule has 1 aromatic rings. The van der Waals surface area contributed by atoms with Crippen LogP contribution in [0, 0.1) is 11.8 Å². The molecule has 1 heterocycles. The molecule has 62 valence electrons. The van der Waals surface area contributed by atoms with Crippen molar-refractivity contribution < 1.29 is 4.52 Å². The summed E-state index contributed by atoms with van der Waals surface area (Å²) in [6, 6.07) is 0. The first-order valence-corrected chi connectivity index (χ1v) is 4.19. The molecule has 0 aliphatic carbocycles. The molecule has 4 heteroatoms. The van der Waals surface area contributed by atoms with Gasteiger partial charge in [0.25, 0.3) is 4.84 Å². The summed E-state index contributed by atoms with van der Waals surface area (Å²) in [5.41, 5.74) is 0. The molecule has 0 unspecified atom stereocenters. The van der Waals surface area contributed by atoms with Crippen LogP contribution in [0.15, 0.2) is 4.52 Å². The van der Waals surface area contributed by atoms with Crippen molar-refractivity contribution in [1.29, 1.82) is 0 Å². The highest BCUT2D eigenvalue weighted by Crippen LogP contribution is 2.01. The van der Waals surface area contributed by atoms with Crippen LogP contribution in [0.25, 0.3) is 0 Å². The van der Waals surface area contributed by atoms with Crippen LogP contribution in [-0.4, -0.2) is 9.72 Å². The van der Waals surface area contributed by atoms with Crippen molar-refractivity contribution in [3.05, 3.63) is 10.7 Å². The molecule has 0 saturated heterocycles. The Hall–Kier alpha value is -0.640. The summed E-state index contributed by atoms with van der Waals surface area (Å²) in [6.07, 6.45) is 2.28. The van der Waals surface area contributed by atoms with Crippen molar-refractivity contribution in [3.8, 4) is 0 Å². The second-order valence-electron chi connectivity index (χ2n) is 2.50. The normalized spacial score (nSPS) is 10.4. The number of nitrogens with zero attached hydrogens (tertiary/aromatic N) is 2. The molecule has 0 amide bonds. The highest BCUT2D eigenvalue weighted by molar-refractivity contribution is 7.71. The molecule has 0 N–H and O–H groups in total. The van der Waals surface area contributed by atoms with E-state index in [-0.39, 0.29) is 0 Å². The third kappa shape index (κ3) is 1.89. The van der Waals surface area contributed by atoms with E-state index in [4.69, 9.17) is 16.7 Å². The minimum atomic E-state index is 0.482. The molecular weight excluding hydrogens is 160 g/mol. The summed E-state index contributed by atoms with van der Waals surface area (Å²) < 4.78 is 6.74. The maximum Gasteiger partial charge on any atom is 0.297 e. The van der Waals surface area contributed by atoms with Crippen molar-refractivity contribution in [1.82, 2.24) is 9.72 Å². The van der Waals surface area contributed by atoms with Gasteiger partial charge in [-0.3, -0.25) is 4.57 Å². The van der Waals surface area contributed by atoms with Crippen LogP contribution in [0.4, 0.5) is 0 Å². The Morgan fingerprint density at radius 2 is 2.36 bits per heavy atom. The molecule has 0 fully saturated rings. The SMILES string of the molecule is CCCCn1c(C)noc1=S. The van der Waals surface area contributed by atoms with Crippen LogP contribution in [0.2, 0.25) is 0 Å². The zero-order valence-electron chi connectivity index (χ0n) is 6.83. The average molecular weight is 172 g/mol. The van der Waals surface area contributed by atoms with Crippen LogP contribution in [0.3, 0.4) is 0 Å². The maximum atomic E-state index is 4.92. The molecule has 1 rings (SSSR count). The van der Waals surface area contributed by atoms with Crippen LogP contribution in [0.5, 0.6) is 0 Å². The fraction of sp³-hybridized carbons (Fsp3) is 0.714. The van der Waals surface area contributed by atoms with Gasteiger partial charge in [-0.15, -0.1) is 0 Å². The van der Waals surface area contributed by atoms with Gasteiger partial charge in [-0.05, 0) is 25.6 Å². The van der Waals surface area contributed by atoms with Gasteiger partial charge < -0.3 is 4.52 Å². The number of rotatable bonds is 3. The smallest absolute Gasteiger partial charge is 0.297 e. The van der Waals surface area contributed by atoms with Gasteiger partial charge in [0.2, 0.25) is 0 Å². The quantitative estimate of drug-likeness (QED) is 0.655. The molecule has 11 heavy (non-hydrogen) atoms. The number of unbranched alkanes of at least 4 members (excludes halogenated alkanes) is 1. The number of hydrogen-bond acceptors (Lipinski definition) is 3. The first-order valence-electron chi connectivity index (χ1n) is 3.78. The van der Waals surface area contributed by atoms with E-state index >= 15 is 0 Å². The van der Waals surface area contributed by atoms with E-state index in [9.17, 15) is 0 Å². The molecule has 0 atom stereocenters. The van der Waals surface area contributed by atoms with Crippen molar-refractivity contribution in [2.75, 3.05) is 0 Å². The van der Waals surface area contributed by atoms with Gasteiger partial charge in [-0.2, -0.15) is 0 Å². The first kappa shape index (κ1) is 8.46. The van der Waals surface area contributed by atoms with Crippen LogP contribution >= 0.6 is 12.2 Å². The van der Waals surface area contributed by atoms with Crippen LogP contribution < -0.4 is 0 Å². The number of aryl methyl sites for hydroxylation is 1. The molecule has 0 radical (unpaired) electrons. The monoisotopic (exact) mass is 172 g/mol. The standard InChI is InChI=1S/C7H12N2OS/c1-3-4-5-9-6(2)8-10-7(9)11/h3-5H2,1-2H3. The number of aromatic nitrogens is 2. The molecule has 0 bridgehead atoms. The molecule has 3 nitrogen and oxygen atoms in total. The van der Waals surface area contributed by atoms with Gasteiger partial charge >= 0.3 is 0 Å². The minimum Gasteiger partial charge on any atom is -0.324 e. The lowest BCUT2D eigenvalue weighted by molar-refractivity contribution is 0.393. The summed E-state index contributed by atoms with van der Waals surface area (Å²) in [5.74, 6) is 0.864. The van der Waals surface area contributed by atoms with Crippen LogP contribution in [0.1, 0.15) is 25.6 Å². The Kier molecular flexibility index (Phi) is 2.82. The molecule has 0 saturated carbocycles. The zero-order chi connectivity index (χ0) is 8.27. The Morgan fingerprint density at radius 1 is 1.64 bits per heavy atom. The topological polar surface area (TPSA) is 31.0 Å². The molecular formula is C7H12N2OS. The van der Waals surface area contributed by atoms with E-state index in [2.05, 4.69) is 12.1 Å². The second kappa shape index (κ2) is 3.67. The third-order valence-corrected chi connectivity index (χ3v) is 1.90. The van der Waals surface area contributed by atoms with E-state index in [0.717, 1.165) is 25.2 Å². The molecule has 0 aliphatic rings. The highest BCUT2D eigenvalue weighted by Gasteiger charge is 2.00. The van der Waals surface area contributed by atoms with Gasteiger partial charge in [0, 0.05) is 6.54 Å². The fourth-order valence-electron chi connectivity index (χ4n) is 0.905. The summed E-state index contributed by atoms with van der Waals surface area (Å²) in [6.45, 7) is 4.96. The largest absolute Gasteiger partial charge is 0.324 e. The van der Waals surface area contributed by atoms with E-state index < -0.39 is 0 Å². The minimum absolute atomic E-state index is 0.482. The van der Waals surface area contributed by atoms with Gasteiger partial charge in [0.05, 0.1) is 0 Å². The van der Waals surface area contributed by atoms with Crippen molar-refractivity contribution in [2.45, 2.75) is 33.2 Å². The highest BCUT2D eigenvalue weighted by atomic mass is 32.1. The summed E-state index contributed by atoms with van der Waals surface area (Å²) in [4.78, 5) is 0.482. The molecule has 1 aromatic heterocycles. The van der Waals surface area contributed by atoms with Crippen LogP contribution in [-0.2, 0) is 6.54 Å². The fourth-order valence-corrected chi connectivity index (χ4v) is 1.17. The van der Waals surface area contributed by atoms with Crippen molar-refractivity contribution in [2.24, 2.45) is 0 Å². The number of hydrogen-bond donors (Lipinski definition) is 0. The summed E-state index contributed by atoms with van der Waals surface area (Å²) in [5, 5.41) is 3.75. The predicted molar refractivity (Wildman–Crippen MR) is 45.0 cm³/mol. The molecule has 0 aliphatic heterocycles. The molecule has 0 spiro atoms. The Bertz CT molecular complexity index is 276. The van der Waals surface area contributed by atoms with E-state index in [1.807, 2.05) is 11.5 Å². The van der Waals surface area contributed by atoms with E-state index in [1.54, 1.807) is 0 Å². The Labute approximate surface area is 71.0 Å². The third-order valence-electron chi connectivity index (χ3n) is 1.60. The average Bonchev–Trinajstić information content (AvgIpc) is 2.29. The van der Waals surface area contributed by atoms with Crippen molar-refractivity contribution in [3.63, 3.8) is 0 Å². The second-order valence-corrected chi connectivity index (χ2v) is 2.85. The van der Waals surface area contributed by atoms with Gasteiger partial charge in [-0.25, -0.2) is 0 Å². The molecule has 0 aromatic carbocycles. The predicted octanol–water partition coefficient (Wildman–Crippen LogP) is 2.31. The van der Waals surface area contributed by atoms with Crippen molar-refractivity contribution >= 4 is 12.2 Å². The van der Waals surface area contributed by atoms with E-state index in [0.29, 0.717) is 4.84 Å². The van der Waals surface area contributed by atoms with Gasteiger partial charge in [-0.1, -0.05) is 18.5 Å². The summed E-state index contributed by atoms with van der Waals surface area (Å²) >= 11 is 4.92. The zero-order valence-corrected chi connectivity index (χ0v) is 7.65. The first-order chi connectivity index (χ1) is 5.25. The lowest BCUT2D eigenvalue weighted by Crippen LogP contribution is -1.99. The van der Waals surface area contributed by atoms with Gasteiger partial charge in [0.15, 0.2) is 0 Å². The van der Waals surface area contributed by atoms with E-state index in [1.165, 1.54) is 0 Å². The Balaban J connectivity index is 2.75. The summed E-state index contributed by atoms with van der Waals surface area (Å²) in [7, 11) is 0. The lowest BCUT2D eigenvalue weighted by Gasteiger charge is -1.98.